The minimum atomic E-state index is -0.424. The highest BCUT2D eigenvalue weighted by Gasteiger charge is 2.52. The van der Waals surface area contributed by atoms with Crippen molar-refractivity contribution in [3.05, 3.63) is 29.8 Å². The quantitative estimate of drug-likeness (QED) is 0.846. The maximum absolute atomic E-state index is 12.2. The number of hydrogen-bond donors (Lipinski definition) is 1. The second-order valence-corrected chi connectivity index (χ2v) is 7.71. The number of rotatable bonds is 5. The van der Waals surface area contributed by atoms with Crippen LogP contribution < -0.4 is 10.8 Å². The van der Waals surface area contributed by atoms with Crippen LogP contribution in [0.2, 0.25) is 0 Å². The van der Waals surface area contributed by atoms with E-state index in [4.69, 9.17) is 9.31 Å². The molecule has 0 aromatic heterocycles. The molecule has 1 saturated heterocycles. The highest BCUT2D eigenvalue weighted by Crippen LogP contribution is 2.36. The van der Waals surface area contributed by atoms with Gasteiger partial charge in [-0.1, -0.05) is 24.3 Å². The number of carbonyl (C=O) groups excluding carboxylic acids is 1. The maximum atomic E-state index is 12.2. The molecule has 0 bridgehead atoms. The van der Waals surface area contributed by atoms with E-state index in [0.717, 1.165) is 17.6 Å². The van der Waals surface area contributed by atoms with Crippen molar-refractivity contribution < 1.29 is 14.1 Å². The van der Waals surface area contributed by atoms with E-state index in [9.17, 15) is 4.79 Å². The van der Waals surface area contributed by atoms with E-state index in [-0.39, 0.29) is 17.1 Å². The molecule has 1 aliphatic carbocycles. The van der Waals surface area contributed by atoms with Crippen LogP contribution in [-0.2, 0) is 20.5 Å². The predicted octanol–water partition coefficient (Wildman–Crippen LogP) is 2.05. The van der Waals surface area contributed by atoms with Crippen molar-refractivity contribution in [2.45, 2.75) is 58.2 Å². The molecule has 1 N–H and O–H groups in total. The molecule has 0 radical (unpaired) electrons. The lowest BCUT2D eigenvalue weighted by Crippen LogP contribution is -2.41. The summed E-state index contributed by atoms with van der Waals surface area (Å²) in [5, 5.41) is 3.02. The molecular formula is C18H26BNO3. The molecule has 1 saturated carbocycles. The average Bonchev–Trinajstić information content (AvgIpc) is 3.25. The lowest BCUT2D eigenvalue weighted by molar-refractivity contribution is -0.120. The Morgan fingerprint density at radius 3 is 2.39 bits per heavy atom. The first kappa shape index (κ1) is 16.5. The van der Waals surface area contributed by atoms with Crippen LogP contribution >= 0.6 is 0 Å². The summed E-state index contributed by atoms with van der Waals surface area (Å²) in [6, 6.07) is 7.90. The Kier molecular flexibility index (Phi) is 4.28. The summed E-state index contributed by atoms with van der Waals surface area (Å²) in [7, 11) is -0.424. The van der Waals surface area contributed by atoms with Crippen LogP contribution in [0.3, 0.4) is 0 Å². The van der Waals surface area contributed by atoms with E-state index >= 15 is 0 Å². The minimum absolute atomic E-state index is 0.0702. The molecule has 0 spiro atoms. The smallest absolute Gasteiger partial charge is 0.399 e. The van der Waals surface area contributed by atoms with Crippen LogP contribution in [0.15, 0.2) is 24.3 Å². The summed E-state index contributed by atoms with van der Waals surface area (Å²) in [4.78, 5) is 12.2. The molecule has 0 unspecified atom stereocenters. The number of amides is 1. The molecule has 1 amide bonds. The molecule has 1 aromatic carbocycles. The van der Waals surface area contributed by atoms with Crippen molar-refractivity contribution in [3.8, 4) is 0 Å². The first-order chi connectivity index (χ1) is 10.8. The first-order valence-corrected chi connectivity index (χ1v) is 8.49. The third-order valence-corrected chi connectivity index (χ3v) is 5.20. The van der Waals surface area contributed by atoms with E-state index in [1.165, 1.54) is 12.8 Å². The molecule has 2 aliphatic rings. The number of hydrogen-bond acceptors (Lipinski definition) is 3. The Hall–Kier alpha value is -1.33. The van der Waals surface area contributed by atoms with Gasteiger partial charge >= 0.3 is 7.12 Å². The van der Waals surface area contributed by atoms with Crippen molar-refractivity contribution in [2.24, 2.45) is 5.92 Å². The highest BCUT2D eigenvalue weighted by molar-refractivity contribution is 6.62. The zero-order chi connectivity index (χ0) is 16.7. The van der Waals surface area contributed by atoms with Crippen molar-refractivity contribution in [1.82, 2.24) is 5.32 Å². The van der Waals surface area contributed by atoms with Gasteiger partial charge in [0, 0.05) is 6.54 Å². The van der Waals surface area contributed by atoms with Gasteiger partial charge < -0.3 is 14.6 Å². The summed E-state index contributed by atoms with van der Waals surface area (Å²) in [6.45, 7) is 8.96. The van der Waals surface area contributed by atoms with Crippen LogP contribution in [0.5, 0.6) is 0 Å². The third kappa shape index (κ3) is 3.61. The monoisotopic (exact) mass is 315 g/mol. The summed E-state index contributed by atoms with van der Waals surface area (Å²) in [5.41, 5.74) is 1.17. The fourth-order valence-electron chi connectivity index (χ4n) is 2.71. The lowest BCUT2D eigenvalue weighted by Gasteiger charge is -2.32. The van der Waals surface area contributed by atoms with E-state index in [1.807, 2.05) is 52.0 Å². The van der Waals surface area contributed by atoms with Crippen molar-refractivity contribution >= 4 is 18.5 Å². The van der Waals surface area contributed by atoms with Crippen molar-refractivity contribution in [2.75, 3.05) is 6.54 Å². The number of carbonyl (C=O) groups is 1. The largest absolute Gasteiger partial charge is 0.495 e. The fourth-order valence-corrected chi connectivity index (χ4v) is 2.71. The molecule has 4 nitrogen and oxygen atoms in total. The van der Waals surface area contributed by atoms with Gasteiger partial charge in [-0.15, -0.1) is 0 Å². The van der Waals surface area contributed by atoms with Gasteiger partial charge in [-0.25, -0.2) is 0 Å². The summed E-state index contributed by atoms with van der Waals surface area (Å²) in [6.07, 6.45) is 2.85. The normalized spacial score (nSPS) is 22.2. The Bertz CT molecular complexity index is 580. The molecule has 124 valence electrons. The van der Waals surface area contributed by atoms with Crippen LogP contribution in [0.4, 0.5) is 0 Å². The Morgan fingerprint density at radius 1 is 1.17 bits per heavy atom. The van der Waals surface area contributed by atoms with Gasteiger partial charge in [-0.2, -0.15) is 0 Å². The number of benzene rings is 1. The van der Waals surface area contributed by atoms with Crippen LogP contribution in [-0.4, -0.2) is 30.8 Å². The molecule has 3 rings (SSSR count). The molecule has 5 heteroatoms. The van der Waals surface area contributed by atoms with Crippen molar-refractivity contribution in [1.29, 1.82) is 0 Å². The van der Waals surface area contributed by atoms with E-state index < -0.39 is 7.12 Å². The van der Waals surface area contributed by atoms with Gasteiger partial charge in [-0.05, 0) is 57.5 Å². The SMILES string of the molecule is CC1(C)OB(c2ccccc2CC(=O)NCC2CC2)OC1(C)C. The molecular weight excluding hydrogens is 289 g/mol. The topological polar surface area (TPSA) is 47.6 Å². The summed E-state index contributed by atoms with van der Waals surface area (Å²) >= 11 is 0. The zero-order valence-corrected chi connectivity index (χ0v) is 14.5. The molecule has 0 atom stereocenters. The fraction of sp³-hybridized carbons (Fsp3) is 0.611. The van der Waals surface area contributed by atoms with Gasteiger partial charge in [-0.3, -0.25) is 4.79 Å². The first-order valence-electron chi connectivity index (χ1n) is 8.49. The van der Waals surface area contributed by atoms with Gasteiger partial charge in [0.25, 0.3) is 0 Å². The molecule has 1 heterocycles. The predicted molar refractivity (Wildman–Crippen MR) is 91.6 cm³/mol. The van der Waals surface area contributed by atoms with Gasteiger partial charge in [0.15, 0.2) is 0 Å². The number of nitrogens with one attached hydrogen (secondary N) is 1. The van der Waals surface area contributed by atoms with E-state index in [0.29, 0.717) is 12.3 Å². The maximum Gasteiger partial charge on any atom is 0.495 e. The van der Waals surface area contributed by atoms with Crippen LogP contribution in [0.1, 0.15) is 46.1 Å². The Morgan fingerprint density at radius 2 is 1.78 bits per heavy atom. The molecule has 1 aromatic rings. The minimum Gasteiger partial charge on any atom is -0.399 e. The zero-order valence-electron chi connectivity index (χ0n) is 14.5. The van der Waals surface area contributed by atoms with Crippen LogP contribution in [0.25, 0.3) is 0 Å². The molecule has 23 heavy (non-hydrogen) atoms. The Labute approximate surface area is 139 Å². The molecule has 1 aliphatic heterocycles. The summed E-state index contributed by atoms with van der Waals surface area (Å²) < 4.78 is 12.3. The lowest BCUT2D eigenvalue weighted by atomic mass is 9.75. The Balaban J connectivity index is 1.72. The average molecular weight is 315 g/mol. The van der Waals surface area contributed by atoms with Gasteiger partial charge in [0.2, 0.25) is 5.91 Å². The third-order valence-electron chi connectivity index (χ3n) is 5.20. The van der Waals surface area contributed by atoms with Crippen molar-refractivity contribution in [3.63, 3.8) is 0 Å². The second kappa shape index (κ2) is 5.95. The van der Waals surface area contributed by atoms with E-state index in [1.54, 1.807) is 0 Å². The molecule has 2 fully saturated rings. The summed E-state index contributed by atoms with van der Waals surface area (Å²) in [5.74, 6) is 0.762. The second-order valence-electron chi connectivity index (χ2n) is 7.71. The standard InChI is InChI=1S/C18H26BNO3/c1-17(2)18(3,4)23-19(22-17)15-8-6-5-7-14(15)11-16(21)20-12-13-9-10-13/h5-8,13H,9-12H2,1-4H3,(H,20,21). The van der Waals surface area contributed by atoms with Crippen LogP contribution in [0, 0.1) is 5.92 Å². The van der Waals surface area contributed by atoms with Gasteiger partial charge in [0.05, 0.1) is 17.6 Å². The highest BCUT2D eigenvalue weighted by atomic mass is 16.7. The van der Waals surface area contributed by atoms with Gasteiger partial charge in [0.1, 0.15) is 0 Å². The van der Waals surface area contributed by atoms with E-state index in [2.05, 4.69) is 5.32 Å².